The van der Waals surface area contributed by atoms with Crippen LogP contribution in [-0.2, 0) is 21.5 Å². The first-order valence-electron chi connectivity index (χ1n) is 14.8. The van der Waals surface area contributed by atoms with Crippen LogP contribution in [0.25, 0.3) is 0 Å². The van der Waals surface area contributed by atoms with E-state index in [1.54, 1.807) is 12.0 Å². The van der Waals surface area contributed by atoms with Gasteiger partial charge < -0.3 is 20.1 Å². The third-order valence-corrected chi connectivity index (χ3v) is 8.66. The maximum Gasteiger partial charge on any atom is 0.326 e. The average molecular weight is 571 g/mol. The zero-order valence-electron chi connectivity index (χ0n) is 26.2. The van der Waals surface area contributed by atoms with E-state index in [0.717, 1.165) is 22.4 Å². The number of amides is 1. The Hall–Kier alpha value is -3.64. The molecule has 0 spiro atoms. The van der Waals surface area contributed by atoms with Gasteiger partial charge in [0.1, 0.15) is 11.8 Å². The Balaban J connectivity index is 1.84. The first kappa shape index (κ1) is 31.3. The van der Waals surface area contributed by atoms with Gasteiger partial charge in [0, 0.05) is 24.1 Å². The highest BCUT2D eigenvalue weighted by molar-refractivity contribution is 5.89. The molecule has 1 saturated heterocycles. The van der Waals surface area contributed by atoms with Crippen molar-refractivity contribution < 1.29 is 19.4 Å². The number of carbonyl (C=O) groups is 2. The number of carbonyl (C=O) groups excluding carboxylic acids is 1. The summed E-state index contributed by atoms with van der Waals surface area (Å²) in [6.07, 6.45) is 0. The van der Waals surface area contributed by atoms with Crippen molar-refractivity contribution in [2.75, 3.05) is 7.11 Å². The molecule has 42 heavy (non-hydrogen) atoms. The van der Waals surface area contributed by atoms with Gasteiger partial charge in [-0.05, 0) is 40.5 Å². The van der Waals surface area contributed by atoms with Gasteiger partial charge in [-0.15, -0.1) is 0 Å². The lowest BCUT2D eigenvalue weighted by Gasteiger charge is -2.35. The number of nitrogens with one attached hydrogen (secondary N) is 1. The van der Waals surface area contributed by atoms with Gasteiger partial charge in [0.2, 0.25) is 5.91 Å². The standard InChI is InChI=1S/C36H46N2O4/c1-23(24-15-11-9-12-16-24)33(39)38-31(25-17-13-10-14-18-25)30(29(36(5,6)7)32(38)34(40)41)37-22-26-21-27(35(2,3)4)19-20-28(26)42-8/h9-21,23,29-32,37H,22H2,1-8H3,(H,40,41)/t23-,29+,30+,31+,32+/m1/s1. The normalized spacial score (nSPS) is 21.7. The van der Waals surface area contributed by atoms with E-state index in [0.29, 0.717) is 6.54 Å². The Bertz CT molecular complexity index is 1380. The van der Waals surface area contributed by atoms with Crippen LogP contribution < -0.4 is 10.1 Å². The summed E-state index contributed by atoms with van der Waals surface area (Å²) in [5.74, 6) is -1.27. The van der Waals surface area contributed by atoms with E-state index in [2.05, 4.69) is 59.0 Å². The number of hydrogen-bond donors (Lipinski definition) is 2. The lowest BCUT2D eigenvalue weighted by molar-refractivity contribution is -0.152. The van der Waals surface area contributed by atoms with Crippen LogP contribution >= 0.6 is 0 Å². The van der Waals surface area contributed by atoms with Gasteiger partial charge in [-0.25, -0.2) is 4.79 Å². The molecule has 1 amide bonds. The van der Waals surface area contributed by atoms with Crippen molar-refractivity contribution in [3.63, 3.8) is 0 Å². The molecule has 0 aliphatic carbocycles. The van der Waals surface area contributed by atoms with Gasteiger partial charge >= 0.3 is 5.97 Å². The van der Waals surface area contributed by atoms with Gasteiger partial charge in [-0.3, -0.25) is 4.79 Å². The van der Waals surface area contributed by atoms with Crippen molar-refractivity contribution in [2.24, 2.45) is 11.3 Å². The Kier molecular flexibility index (Phi) is 9.17. The summed E-state index contributed by atoms with van der Waals surface area (Å²) < 4.78 is 5.73. The minimum absolute atomic E-state index is 0.0416. The second-order valence-electron chi connectivity index (χ2n) is 13.6. The molecule has 1 heterocycles. The number of carboxylic acids is 1. The number of carboxylic acid groups (broad SMARTS) is 1. The summed E-state index contributed by atoms with van der Waals surface area (Å²) in [5, 5.41) is 14.5. The van der Waals surface area contributed by atoms with Crippen molar-refractivity contribution in [3.05, 3.63) is 101 Å². The molecule has 0 radical (unpaired) electrons. The fourth-order valence-corrected chi connectivity index (χ4v) is 6.45. The van der Waals surface area contributed by atoms with Crippen molar-refractivity contribution in [1.82, 2.24) is 10.2 Å². The number of likely N-dealkylation sites (tertiary alicyclic amines) is 1. The third-order valence-electron chi connectivity index (χ3n) is 8.66. The number of hydrogen-bond acceptors (Lipinski definition) is 4. The van der Waals surface area contributed by atoms with Gasteiger partial charge in [0.05, 0.1) is 19.1 Å². The molecule has 6 nitrogen and oxygen atoms in total. The molecule has 4 rings (SSSR count). The zero-order valence-corrected chi connectivity index (χ0v) is 26.2. The molecular formula is C36H46N2O4. The number of benzene rings is 3. The van der Waals surface area contributed by atoms with Crippen LogP contribution in [0.15, 0.2) is 78.9 Å². The van der Waals surface area contributed by atoms with E-state index < -0.39 is 29.4 Å². The molecule has 1 aliphatic heterocycles. The maximum atomic E-state index is 14.4. The van der Waals surface area contributed by atoms with Crippen molar-refractivity contribution in [2.45, 2.75) is 84.5 Å². The monoisotopic (exact) mass is 570 g/mol. The largest absolute Gasteiger partial charge is 0.496 e. The van der Waals surface area contributed by atoms with Crippen LogP contribution in [0.1, 0.15) is 82.7 Å². The number of nitrogens with zero attached hydrogens (tertiary/aromatic N) is 1. The van der Waals surface area contributed by atoms with Gasteiger partial charge in [0.25, 0.3) is 0 Å². The second kappa shape index (κ2) is 12.3. The average Bonchev–Trinajstić information content (AvgIpc) is 3.31. The van der Waals surface area contributed by atoms with E-state index in [-0.39, 0.29) is 23.3 Å². The van der Waals surface area contributed by atoms with Gasteiger partial charge in [-0.1, -0.05) is 114 Å². The number of ether oxygens (including phenoxy) is 1. The van der Waals surface area contributed by atoms with Crippen molar-refractivity contribution >= 4 is 11.9 Å². The van der Waals surface area contributed by atoms with Crippen LogP contribution in [0, 0.1) is 11.3 Å². The number of aliphatic carboxylic acids is 1. The molecule has 3 aromatic carbocycles. The molecule has 224 valence electrons. The molecule has 0 bridgehead atoms. The highest BCUT2D eigenvalue weighted by Gasteiger charge is 2.58. The maximum absolute atomic E-state index is 14.4. The molecule has 5 atom stereocenters. The number of rotatable bonds is 8. The Morgan fingerprint density at radius 2 is 1.52 bits per heavy atom. The Morgan fingerprint density at radius 3 is 2.05 bits per heavy atom. The predicted molar refractivity (Wildman–Crippen MR) is 168 cm³/mol. The van der Waals surface area contributed by atoms with Crippen molar-refractivity contribution in [1.29, 1.82) is 0 Å². The lowest BCUT2D eigenvalue weighted by atomic mass is 9.72. The Morgan fingerprint density at radius 1 is 0.929 bits per heavy atom. The molecule has 6 heteroatoms. The molecule has 2 N–H and O–H groups in total. The summed E-state index contributed by atoms with van der Waals surface area (Å²) in [7, 11) is 1.67. The van der Waals surface area contributed by atoms with Gasteiger partial charge in [-0.2, -0.15) is 0 Å². The second-order valence-corrected chi connectivity index (χ2v) is 13.6. The molecule has 1 fully saturated rings. The topological polar surface area (TPSA) is 78.9 Å². The summed E-state index contributed by atoms with van der Waals surface area (Å²) in [6, 6.07) is 23.9. The minimum Gasteiger partial charge on any atom is -0.496 e. The first-order valence-corrected chi connectivity index (χ1v) is 14.8. The summed E-state index contributed by atoms with van der Waals surface area (Å²) in [4.78, 5) is 29.2. The zero-order chi connectivity index (χ0) is 30.8. The third kappa shape index (κ3) is 6.39. The summed E-state index contributed by atoms with van der Waals surface area (Å²) >= 11 is 0. The lowest BCUT2D eigenvalue weighted by Crippen LogP contribution is -2.48. The molecule has 0 saturated carbocycles. The van der Waals surface area contributed by atoms with Crippen LogP contribution in [0.3, 0.4) is 0 Å². The highest BCUT2D eigenvalue weighted by Crippen LogP contribution is 2.49. The number of methoxy groups -OCH3 is 1. The van der Waals surface area contributed by atoms with Crippen LogP contribution in [0.5, 0.6) is 5.75 Å². The fourth-order valence-electron chi connectivity index (χ4n) is 6.45. The smallest absolute Gasteiger partial charge is 0.326 e. The SMILES string of the molecule is COc1ccc(C(C)(C)C)cc1CN[C@H]1[C@H](C(C)(C)C)[C@@H](C(=O)O)N(C(=O)[C@H](C)c2ccccc2)[C@H]1c1ccccc1. The summed E-state index contributed by atoms with van der Waals surface area (Å²) in [6.45, 7) is 15.1. The van der Waals surface area contributed by atoms with Crippen molar-refractivity contribution in [3.8, 4) is 5.75 Å². The molecule has 3 aromatic rings. The van der Waals surface area contributed by atoms with E-state index in [1.165, 1.54) is 5.56 Å². The van der Waals surface area contributed by atoms with Gasteiger partial charge in [0.15, 0.2) is 0 Å². The van der Waals surface area contributed by atoms with E-state index in [1.807, 2.05) is 73.7 Å². The van der Waals surface area contributed by atoms with Crippen LogP contribution in [0.2, 0.25) is 0 Å². The minimum atomic E-state index is -1.01. The molecular weight excluding hydrogens is 524 g/mol. The van der Waals surface area contributed by atoms with E-state index in [9.17, 15) is 14.7 Å². The Labute approximate surface area is 251 Å². The van der Waals surface area contributed by atoms with Crippen LogP contribution in [0.4, 0.5) is 0 Å². The summed E-state index contributed by atoms with van der Waals surface area (Å²) in [5.41, 5.74) is 3.51. The van der Waals surface area contributed by atoms with E-state index in [4.69, 9.17) is 4.74 Å². The predicted octanol–water partition coefficient (Wildman–Crippen LogP) is 6.95. The highest BCUT2D eigenvalue weighted by atomic mass is 16.5. The molecule has 0 aromatic heterocycles. The van der Waals surface area contributed by atoms with Crippen LogP contribution in [-0.4, -0.2) is 41.1 Å². The fraction of sp³-hybridized carbons (Fsp3) is 0.444. The quantitative estimate of drug-likeness (QED) is 0.306. The molecule has 1 aliphatic rings. The first-order chi connectivity index (χ1) is 19.8. The molecule has 0 unspecified atom stereocenters. The van der Waals surface area contributed by atoms with E-state index >= 15 is 0 Å².